The third-order valence-corrected chi connectivity index (χ3v) is 2.63. The highest BCUT2D eigenvalue weighted by molar-refractivity contribution is 7.70. The molecule has 4 unspecified atom stereocenters. The molecule has 96 valence electrons. The van der Waals surface area contributed by atoms with Crippen LogP contribution in [-0.2, 0) is 9.36 Å². The smallest absolute Gasteiger partial charge is 0.394 e. The Labute approximate surface area is 89.7 Å². The molecule has 0 aromatic rings. The van der Waals surface area contributed by atoms with Crippen LogP contribution in [0.4, 0.5) is 0 Å². The van der Waals surface area contributed by atoms with Crippen LogP contribution in [0.1, 0.15) is 0 Å². The van der Waals surface area contributed by atoms with Gasteiger partial charge in [0.2, 0.25) is 0 Å². The van der Waals surface area contributed by atoms with E-state index in [4.69, 9.17) is 35.3 Å². The summed E-state index contributed by atoms with van der Waals surface area (Å²) < 4.78 is 10.4. The Hall–Kier alpha value is -0.380. The van der Waals surface area contributed by atoms with Gasteiger partial charge in [-0.15, -0.1) is 0 Å². The maximum absolute atomic E-state index is 10.8. The zero-order valence-electron chi connectivity index (χ0n) is 7.91. The lowest BCUT2D eigenvalue weighted by Gasteiger charge is -2.24. The van der Waals surface area contributed by atoms with Gasteiger partial charge in [-0.1, -0.05) is 0 Å². The average molecular weight is 260 g/mol. The molecule has 9 nitrogen and oxygen atoms in total. The standard InChI is InChI=1S/C6H13O9P/c7-1-2(8)3(9)4(10)5(11)6(12)16(13,14)15/h2-5,7-11H,1H2,(H2,13,14,15). The molecule has 0 saturated carbocycles. The number of carbonyl (C=O) groups is 1. The second-order valence-electron chi connectivity index (χ2n) is 3.06. The Morgan fingerprint density at radius 1 is 1.06 bits per heavy atom. The number of hydrogen-bond acceptors (Lipinski definition) is 7. The van der Waals surface area contributed by atoms with Crippen molar-refractivity contribution in [3.05, 3.63) is 0 Å². The average Bonchev–Trinajstić information content (AvgIpc) is 2.22. The highest BCUT2D eigenvalue weighted by atomic mass is 31.2. The molecular formula is C6H13O9P. The molecule has 16 heavy (non-hydrogen) atoms. The Morgan fingerprint density at radius 3 is 1.81 bits per heavy atom. The lowest BCUT2D eigenvalue weighted by molar-refractivity contribution is -0.141. The van der Waals surface area contributed by atoms with E-state index in [1.807, 2.05) is 0 Å². The van der Waals surface area contributed by atoms with E-state index in [0.717, 1.165) is 0 Å². The van der Waals surface area contributed by atoms with Crippen molar-refractivity contribution in [1.29, 1.82) is 0 Å². The first-order chi connectivity index (χ1) is 7.12. The predicted octanol–water partition coefficient (Wildman–Crippen LogP) is -3.87. The quantitative estimate of drug-likeness (QED) is 0.235. The number of aliphatic hydroxyl groups is 5. The number of aliphatic hydroxyl groups excluding tert-OH is 5. The van der Waals surface area contributed by atoms with Crippen LogP contribution in [0.3, 0.4) is 0 Å². The zero-order valence-corrected chi connectivity index (χ0v) is 8.81. The van der Waals surface area contributed by atoms with Gasteiger partial charge in [0, 0.05) is 0 Å². The molecule has 0 aliphatic heterocycles. The number of rotatable bonds is 6. The number of carbonyl (C=O) groups excluding carboxylic acids is 1. The molecule has 0 bridgehead atoms. The molecule has 0 radical (unpaired) electrons. The van der Waals surface area contributed by atoms with Crippen molar-refractivity contribution >= 4 is 13.1 Å². The summed E-state index contributed by atoms with van der Waals surface area (Å²) in [6.07, 6.45) is -8.84. The molecule has 0 rings (SSSR count). The Balaban J connectivity index is 4.68. The lowest BCUT2D eigenvalue weighted by Crippen LogP contribution is -2.48. The predicted molar refractivity (Wildman–Crippen MR) is 48.2 cm³/mol. The molecule has 0 amide bonds. The molecule has 4 atom stereocenters. The highest BCUT2D eigenvalue weighted by Crippen LogP contribution is 2.37. The summed E-state index contributed by atoms with van der Waals surface area (Å²) >= 11 is 0. The monoisotopic (exact) mass is 260 g/mol. The second-order valence-corrected chi connectivity index (χ2v) is 4.59. The van der Waals surface area contributed by atoms with Crippen LogP contribution in [0.15, 0.2) is 0 Å². The summed E-state index contributed by atoms with van der Waals surface area (Å²) in [6, 6.07) is 0. The fourth-order valence-electron chi connectivity index (χ4n) is 0.841. The van der Waals surface area contributed by atoms with Gasteiger partial charge in [-0.3, -0.25) is 9.36 Å². The van der Waals surface area contributed by atoms with E-state index in [2.05, 4.69) is 0 Å². The molecule has 0 saturated heterocycles. The van der Waals surface area contributed by atoms with E-state index in [9.17, 15) is 9.36 Å². The summed E-state index contributed by atoms with van der Waals surface area (Å²) in [5.74, 6) is 0. The Morgan fingerprint density at radius 2 is 1.50 bits per heavy atom. The zero-order chi connectivity index (χ0) is 13.1. The summed E-state index contributed by atoms with van der Waals surface area (Å²) in [4.78, 5) is 27.6. The van der Waals surface area contributed by atoms with E-state index in [-0.39, 0.29) is 0 Å². The molecule has 7 N–H and O–H groups in total. The lowest BCUT2D eigenvalue weighted by atomic mass is 10.0. The normalized spacial score (nSPS) is 19.9. The van der Waals surface area contributed by atoms with Crippen LogP contribution in [0.25, 0.3) is 0 Å². The summed E-state index contributed by atoms with van der Waals surface area (Å²) in [5, 5.41) is 44.4. The number of hydrogen-bond donors (Lipinski definition) is 7. The molecule has 0 aromatic heterocycles. The first-order valence-electron chi connectivity index (χ1n) is 4.06. The molecule has 0 aliphatic carbocycles. The van der Waals surface area contributed by atoms with Crippen LogP contribution in [0, 0.1) is 0 Å². The van der Waals surface area contributed by atoms with Crippen LogP contribution in [0.5, 0.6) is 0 Å². The van der Waals surface area contributed by atoms with Crippen LogP contribution < -0.4 is 0 Å². The van der Waals surface area contributed by atoms with E-state index >= 15 is 0 Å². The van der Waals surface area contributed by atoms with Crippen molar-refractivity contribution < 1.29 is 44.7 Å². The van der Waals surface area contributed by atoms with Gasteiger partial charge in [0.1, 0.15) is 18.3 Å². The van der Waals surface area contributed by atoms with Crippen molar-refractivity contribution in [2.24, 2.45) is 0 Å². The van der Waals surface area contributed by atoms with Gasteiger partial charge in [-0.05, 0) is 0 Å². The summed E-state index contributed by atoms with van der Waals surface area (Å²) in [7, 11) is -5.25. The molecular weight excluding hydrogens is 247 g/mol. The van der Waals surface area contributed by atoms with Crippen molar-refractivity contribution in [2.45, 2.75) is 24.4 Å². The maximum atomic E-state index is 10.8. The van der Waals surface area contributed by atoms with Gasteiger partial charge in [-0.2, -0.15) is 0 Å². The van der Waals surface area contributed by atoms with Gasteiger partial charge in [0.05, 0.1) is 6.61 Å². The molecule has 0 aliphatic rings. The van der Waals surface area contributed by atoms with Crippen molar-refractivity contribution in [2.75, 3.05) is 6.61 Å². The molecule has 0 aromatic carbocycles. The van der Waals surface area contributed by atoms with Crippen LogP contribution >= 0.6 is 7.60 Å². The maximum Gasteiger partial charge on any atom is 0.394 e. The SMILES string of the molecule is O=C(C(O)C(O)C(O)C(O)CO)P(=O)(O)O. The largest absolute Gasteiger partial charge is 0.394 e. The molecule has 0 spiro atoms. The Kier molecular flexibility index (Phi) is 5.66. The van der Waals surface area contributed by atoms with Crippen molar-refractivity contribution in [3.63, 3.8) is 0 Å². The third kappa shape index (κ3) is 3.89. The minimum Gasteiger partial charge on any atom is -0.394 e. The first kappa shape index (κ1) is 15.6. The van der Waals surface area contributed by atoms with E-state index in [1.165, 1.54) is 0 Å². The fraction of sp³-hybridized carbons (Fsp3) is 0.833. The highest BCUT2D eigenvalue weighted by Gasteiger charge is 2.41. The summed E-state index contributed by atoms with van der Waals surface area (Å²) in [6.45, 7) is -0.963. The van der Waals surface area contributed by atoms with Gasteiger partial charge in [-0.25, -0.2) is 0 Å². The van der Waals surface area contributed by atoms with Gasteiger partial charge >= 0.3 is 7.60 Å². The van der Waals surface area contributed by atoms with E-state index < -0.39 is 44.1 Å². The fourth-order valence-corrected chi connectivity index (χ4v) is 1.34. The Bertz CT molecular complexity index is 286. The van der Waals surface area contributed by atoms with E-state index in [0.29, 0.717) is 0 Å². The molecule has 0 heterocycles. The first-order valence-corrected chi connectivity index (χ1v) is 5.67. The second kappa shape index (κ2) is 5.80. The van der Waals surface area contributed by atoms with E-state index in [1.54, 1.807) is 0 Å². The minimum absolute atomic E-state index is 0.963. The minimum atomic E-state index is -5.25. The van der Waals surface area contributed by atoms with Gasteiger partial charge < -0.3 is 35.3 Å². The topological polar surface area (TPSA) is 176 Å². The summed E-state index contributed by atoms with van der Waals surface area (Å²) in [5.41, 5.74) is -1.98. The van der Waals surface area contributed by atoms with Gasteiger partial charge in [0.25, 0.3) is 5.52 Å². The molecule has 0 fully saturated rings. The van der Waals surface area contributed by atoms with Crippen LogP contribution in [-0.4, -0.2) is 71.9 Å². The third-order valence-electron chi connectivity index (χ3n) is 1.79. The van der Waals surface area contributed by atoms with Crippen molar-refractivity contribution in [1.82, 2.24) is 0 Å². The van der Waals surface area contributed by atoms with Crippen molar-refractivity contribution in [3.8, 4) is 0 Å². The molecule has 10 heteroatoms. The van der Waals surface area contributed by atoms with Gasteiger partial charge in [0.15, 0.2) is 6.10 Å². The van der Waals surface area contributed by atoms with Crippen LogP contribution in [0.2, 0.25) is 0 Å².